The number of ether oxygens (including phenoxy) is 2. The number of carbonyl (C=O) groups is 1. The van der Waals surface area contributed by atoms with Crippen molar-refractivity contribution >= 4 is 31.6 Å². The fourth-order valence-corrected chi connectivity index (χ4v) is 6.14. The predicted octanol–water partition coefficient (Wildman–Crippen LogP) is 3.17. The Morgan fingerprint density at radius 1 is 1.10 bits per heavy atom. The lowest BCUT2D eigenvalue weighted by molar-refractivity contribution is -0.00828. The highest BCUT2D eigenvalue weighted by Gasteiger charge is 2.31. The lowest BCUT2D eigenvalue weighted by Gasteiger charge is -2.35. The molecule has 2 N–H and O–H groups in total. The van der Waals surface area contributed by atoms with Crippen LogP contribution in [-0.4, -0.2) is 94.9 Å². The molecular weight excluding hydrogens is 582 g/mol. The van der Waals surface area contributed by atoms with Crippen molar-refractivity contribution in [1.82, 2.24) is 9.21 Å². The van der Waals surface area contributed by atoms with Crippen molar-refractivity contribution in [3.05, 3.63) is 54.1 Å². The van der Waals surface area contributed by atoms with Gasteiger partial charge in [-0.05, 0) is 63.4 Å². The van der Waals surface area contributed by atoms with Gasteiger partial charge in [0, 0.05) is 38.3 Å². The van der Waals surface area contributed by atoms with Gasteiger partial charge in [-0.3, -0.25) is 9.52 Å². The Kier molecular flexibility index (Phi) is 11.8. The third-order valence-corrected chi connectivity index (χ3v) is 10.0. The van der Waals surface area contributed by atoms with Crippen molar-refractivity contribution in [2.45, 2.75) is 63.2 Å². The van der Waals surface area contributed by atoms with Gasteiger partial charge in [0.1, 0.15) is 5.75 Å². The fourth-order valence-electron chi connectivity index (χ4n) is 4.65. The first-order valence-corrected chi connectivity index (χ1v) is 17.4. The summed E-state index contributed by atoms with van der Waals surface area (Å²) in [7, 11) is -5.89. The lowest BCUT2D eigenvalue weighted by Crippen LogP contribution is -2.47. The molecule has 0 bridgehead atoms. The second kappa shape index (κ2) is 14.6. The second-order valence-corrected chi connectivity index (χ2v) is 14.7. The zero-order valence-electron chi connectivity index (χ0n) is 24.9. The molecule has 0 saturated heterocycles. The zero-order valence-corrected chi connectivity index (χ0v) is 26.5. The van der Waals surface area contributed by atoms with Gasteiger partial charge in [0.15, 0.2) is 0 Å². The van der Waals surface area contributed by atoms with E-state index in [1.54, 1.807) is 37.3 Å². The van der Waals surface area contributed by atoms with Gasteiger partial charge in [0.25, 0.3) is 15.9 Å². The van der Waals surface area contributed by atoms with Gasteiger partial charge in [0.05, 0.1) is 41.6 Å². The van der Waals surface area contributed by atoms with Crippen LogP contribution >= 0.6 is 0 Å². The minimum atomic E-state index is -3.92. The normalized spacial score (nSPS) is 22.1. The van der Waals surface area contributed by atoms with Gasteiger partial charge >= 0.3 is 0 Å². The minimum absolute atomic E-state index is 0.0794. The summed E-state index contributed by atoms with van der Waals surface area (Å²) in [6, 6.07) is 11.9. The molecule has 0 aromatic heterocycles. The van der Waals surface area contributed by atoms with Crippen LogP contribution in [0, 0.1) is 5.92 Å². The molecular formula is C29H43N3O8S2. The first kappa shape index (κ1) is 33.8. The maximum absolute atomic E-state index is 14.1. The number of sulfonamides is 2. The van der Waals surface area contributed by atoms with Gasteiger partial charge in [-0.25, -0.2) is 21.1 Å². The fraction of sp³-hybridized carbons (Fsp3) is 0.552. The summed E-state index contributed by atoms with van der Waals surface area (Å²) in [5, 5.41) is 10.1. The first-order chi connectivity index (χ1) is 19.7. The number of hydrogen-bond donors (Lipinski definition) is 2. The summed E-state index contributed by atoms with van der Waals surface area (Å²) < 4.78 is 66.4. The zero-order chi connectivity index (χ0) is 31.1. The first-order valence-electron chi connectivity index (χ1n) is 14.1. The molecule has 0 saturated carbocycles. The average molecular weight is 626 g/mol. The van der Waals surface area contributed by atoms with Crippen LogP contribution in [0.25, 0.3) is 0 Å². The van der Waals surface area contributed by atoms with E-state index in [1.807, 2.05) is 13.8 Å². The van der Waals surface area contributed by atoms with E-state index >= 15 is 0 Å². The SMILES string of the molecule is C[C@@H]1CCCCO[C@H](CN(C)S(C)(=O)=O)[C@H](C)CN([C@@H](C)CO)C(=O)c2cc(NS(=O)(=O)c3ccccc3)ccc2O1. The Labute approximate surface area is 249 Å². The van der Waals surface area contributed by atoms with Crippen LogP contribution in [0.4, 0.5) is 5.69 Å². The van der Waals surface area contributed by atoms with E-state index in [0.717, 1.165) is 19.1 Å². The maximum atomic E-state index is 14.1. The van der Waals surface area contributed by atoms with Crippen molar-refractivity contribution in [3.8, 4) is 5.75 Å². The molecule has 4 atom stereocenters. The Morgan fingerprint density at radius 2 is 1.79 bits per heavy atom. The molecule has 0 aliphatic carbocycles. The van der Waals surface area contributed by atoms with Crippen LogP contribution in [0.1, 0.15) is 50.4 Å². The van der Waals surface area contributed by atoms with Crippen LogP contribution in [0.15, 0.2) is 53.4 Å². The summed E-state index contributed by atoms with van der Waals surface area (Å²) in [5.41, 5.74) is 0.328. The molecule has 0 spiro atoms. The van der Waals surface area contributed by atoms with Crippen LogP contribution in [0.5, 0.6) is 5.75 Å². The van der Waals surface area contributed by atoms with Crippen molar-refractivity contribution in [3.63, 3.8) is 0 Å². The van der Waals surface area contributed by atoms with Crippen molar-refractivity contribution in [2.24, 2.45) is 5.92 Å². The Hall–Kier alpha value is -2.71. The standard InChI is InChI=1S/C29H43N3O8S2/c1-21-18-32(22(2)20-33)29(34)26-17-24(30-42(37,38)25-12-7-6-8-13-25)14-15-27(26)40-23(3)11-9-10-16-39-28(21)19-31(4)41(5,35)36/h6-8,12-15,17,21-23,28,30,33H,9-11,16,18-20H2,1-5H3/t21-,22+,23-,28-/m1/s1. The summed E-state index contributed by atoms with van der Waals surface area (Å²) in [6.07, 6.45) is 2.58. The molecule has 42 heavy (non-hydrogen) atoms. The number of benzene rings is 2. The third-order valence-electron chi connectivity index (χ3n) is 7.36. The van der Waals surface area contributed by atoms with Crippen LogP contribution in [0.3, 0.4) is 0 Å². The van der Waals surface area contributed by atoms with Crippen molar-refractivity contribution in [2.75, 3.05) is 44.3 Å². The minimum Gasteiger partial charge on any atom is -0.490 e. The highest BCUT2D eigenvalue weighted by Crippen LogP contribution is 2.29. The predicted molar refractivity (Wildman–Crippen MR) is 162 cm³/mol. The smallest absolute Gasteiger partial charge is 0.261 e. The van der Waals surface area contributed by atoms with Gasteiger partial charge in [-0.2, -0.15) is 0 Å². The lowest BCUT2D eigenvalue weighted by atomic mass is 10.0. The van der Waals surface area contributed by atoms with E-state index in [-0.39, 0.29) is 47.9 Å². The van der Waals surface area contributed by atoms with Gasteiger partial charge in [-0.15, -0.1) is 0 Å². The van der Waals surface area contributed by atoms with E-state index in [2.05, 4.69) is 4.72 Å². The highest BCUT2D eigenvalue weighted by atomic mass is 32.2. The number of anilines is 1. The van der Waals surface area contributed by atoms with Gasteiger partial charge < -0.3 is 19.5 Å². The number of hydrogen-bond acceptors (Lipinski definition) is 8. The maximum Gasteiger partial charge on any atom is 0.261 e. The summed E-state index contributed by atoms with van der Waals surface area (Å²) >= 11 is 0. The number of likely N-dealkylation sites (N-methyl/N-ethyl adjacent to an activating group) is 1. The van der Waals surface area contributed by atoms with Crippen molar-refractivity contribution < 1.29 is 36.2 Å². The number of nitrogens with zero attached hydrogens (tertiary/aromatic N) is 2. The average Bonchev–Trinajstić information content (AvgIpc) is 2.94. The number of nitrogens with one attached hydrogen (secondary N) is 1. The van der Waals surface area contributed by atoms with Crippen LogP contribution in [-0.2, 0) is 24.8 Å². The van der Waals surface area contributed by atoms with E-state index in [9.17, 15) is 26.7 Å². The molecule has 234 valence electrons. The second-order valence-electron chi connectivity index (χ2n) is 11.0. The number of aliphatic hydroxyl groups excluding tert-OH is 1. The molecule has 1 heterocycles. The number of rotatable bonds is 8. The monoisotopic (exact) mass is 625 g/mol. The highest BCUT2D eigenvalue weighted by molar-refractivity contribution is 7.92. The van der Waals surface area contributed by atoms with Crippen LogP contribution in [0.2, 0.25) is 0 Å². The summed E-state index contributed by atoms with van der Waals surface area (Å²) in [6.45, 7) is 5.84. The molecule has 0 radical (unpaired) electrons. The largest absolute Gasteiger partial charge is 0.490 e. The van der Waals surface area contributed by atoms with Crippen molar-refractivity contribution in [1.29, 1.82) is 0 Å². The molecule has 1 amide bonds. The van der Waals surface area contributed by atoms with Gasteiger partial charge in [0.2, 0.25) is 10.0 Å². The summed E-state index contributed by atoms with van der Waals surface area (Å²) in [4.78, 5) is 15.7. The molecule has 0 unspecified atom stereocenters. The van der Waals surface area contributed by atoms with E-state index in [4.69, 9.17) is 9.47 Å². The van der Waals surface area contributed by atoms with E-state index < -0.39 is 38.1 Å². The molecule has 1 aliphatic rings. The topological polar surface area (TPSA) is 143 Å². The Bertz CT molecular complexity index is 1400. The molecule has 2 aromatic rings. The van der Waals surface area contributed by atoms with Crippen LogP contribution < -0.4 is 9.46 Å². The molecule has 3 rings (SSSR count). The molecule has 11 nitrogen and oxygen atoms in total. The number of amides is 1. The van der Waals surface area contributed by atoms with Gasteiger partial charge in [-0.1, -0.05) is 25.1 Å². The number of carbonyl (C=O) groups excluding carboxylic acids is 1. The molecule has 2 aromatic carbocycles. The number of fused-ring (bicyclic) bond motifs is 1. The van der Waals surface area contributed by atoms with E-state index in [1.165, 1.54) is 34.5 Å². The molecule has 13 heteroatoms. The quantitative estimate of drug-likeness (QED) is 0.456. The third kappa shape index (κ3) is 9.14. The summed E-state index contributed by atoms with van der Waals surface area (Å²) in [5.74, 6) is -0.462. The Morgan fingerprint density at radius 3 is 2.43 bits per heavy atom. The number of aliphatic hydroxyl groups is 1. The molecule has 1 aliphatic heterocycles. The molecule has 0 fully saturated rings. The van der Waals surface area contributed by atoms with E-state index in [0.29, 0.717) is 18.8 Å². The Balaban J connectivity index is 2.02.